The Bertz CT molecular complexity index is 1390. The van der Waals surface area contributed by atoms with Crippen LogP contribution in [0.4, 0.5) is 0 Å². The molecule has 0 amide bonds. The van der Waals surface area contributed by atoms with Gasteiger partial charge in [0, 0.05) is 5.56 Å². The van der Waals surface area contributed by atoms with Gasteiger partial charge in [0.05, 0.1) is 28.7 Å². The minimum Gasteiger partial charge on any atom is -0.493 e. The number of methoxy groups -OCH3 is 1. The summed E-state index contributed by atoms with van der Waals surface area (Å²) in [6.45, 7) is 5.91. The minimum absolute atomic E-state index is 0.241. The van der Waals surface area contributed by atoms with Crippen molar-refractivity contribution in [3.63, 3.8) is 0 Å². The minimum atomic E-state index is -0.389. The first kappa shape index (κ1) is 22.7. The highest BCUT2D eigenvalue weighted by Gasteiger charge is 2.19. The molecule has 0 bridgehead atoms. The lowest BCUT2D eigenvalue weighted by atomic mass is 10.1. The SMILES string of the molecule is COc1cc(C=Nn2c(-c3ccccc3)nc3ccccc3c2=O)cc(Br)c1OC(C)(C)C. The van der Waals surface area contributed by atoms with Crippen LogP contribution in [-0.2, 0) is 0 Å². The van der Waals surface area contributed by atoms with Gasteiger partial charge in [-0.3, -0.25) is 4.79 Å². The molecule has 7 heteroatoms. The van der Waals surface area contributed by atoms with Crippen LogP contribution in [0.2, 0.25) is 0 Å². The van der Waals surface area contributed by atoms with E-state index in [1.807, 2.05) is 81.4 Å². The maximum Gasteiger partial charge on any atom is 0.282 e. The summed E-state index contributed by atoms with van der Waals surface area (Å²) < 4.78 is 13.6. The molecule has 33 heavy (non-hydrogen) atoms. The molecule has 4 rings (SSSR count). The maximum absolute atomic E-state index is 13.3. The van der Waals surface area contributed by atoms with Gasteiger partial charge >= 0.3 is 0 Å². The van der Waals surface area contributed by atoms with E-state index in [4.69, 9.17) is 14.5 Å². The normalized spacial score (nSPS) is 11.8. The molecule has 0 unspecified atom stereocenters. The van der Waals surface area contributed by atoms with E-state index >= 15 is 0 Å². The lowest BCUT2D eigenvalue weighted by molar-refractivity contribution is 0.124. The Balaban J connectivity index is 1.84. The summed E-state index contributed by atoms with van der Waals surface area (Å²) in [7, 11) is 1.59. The van der Waals surface area contributed by atoms with E-state index in [0.717, 1.165) is 15.6 Å². The predicted octanol–water partition coefficient (Wildman–Crippen LogP) is 5.89. The van der Waals surface area contributed by atoms with E-state index in [0.29, 0.717) is 28.2 Å². The van der Waals surface area contributed by atoms with Crippen molar-refractivity contribution in [3.05, 3.63) is 87.1 Å². The number of aromatic nitrogens is 2. The predicted molar refractivity (Wildman–Crippen MR) is 136 cm³/mol. The maximum atomic E-state index is 13.3. The summed E-state index contributed by atoms with van der Waals surface area (Å²) in [5, 5.41) is 5.02. The van der Waals surface area contributed by atoms with Gasteiger partial charge in [0.25, 0.3) is 5.56 Å². The lowest BCUT2D eigenvalue weighted by Crippen LogP contribution is -2.23. The second-order valence-electron chi connectivity index (χ2n) is 8.43. The molecule has 0 aliphatic rings. The molecule has 6 nitrogen and oxygen atoms in total. The van der Waals surface area contributed by atoms with E-state index < -0.39 is 0 Å². The Hall–Kier alpha value is -3.45. The van der Waals surface area contributed by atoms with Crippen LogP contribution in [0.3, 0.4) is 0 Å². The summed E-state index contributed by atoms with van der Waals surface area (Å²) in [5.41, 5.74) is 1.53. The first-order valence-electron chi connectivity index (χ1n) is 10.4. The van der Waals surface area contributed by atoms with Crippen molar-refractivity contribution in [1.82, 2.24) is 9.66 Å². The summed E-state index contributed by atoms with van der Waals surface area (Å²) in [6.07, 6.45) is 1.61. The Kier molecular flexibility index (Phi) is 6.33. The number of ether oxygens (including phenoxy) is 2. The second-order valence-corrected chi connectivity index (χ2v) is 9.28. The van der Waals surface area contributed by atoms with Gasteiger partial charge in [-0.1, -0.05) is 42.5 Å². The zero-order chi connectivity index (χ0) is 23.6. The third-order valence-electron chi connectivity index (χ3n) is 4.77. The van der Waals surface area contributed by atoms with Crippen molar-refractivity contribution < 1.29 is 9.47 Å². The van der Waals surface area contributed by atoms with Gasteiger partial charge in [-0.25, -0.2) is 4.98 Å². The number of hydrogen-bond donors (Lipinski definition) is 0. The molecule has 0 fully saturated rings. The van der Waals surface area contributed by atoms with Gasteiger partial charge in [0.15, 0.2) is 17.3 Å². The van der Waals surface area contributed by atoms with Gasteiger partial charge < -0.3 is 9.47 Å². The molecule has 0 saturated heterocycles. The quantitative estimate of drug-likeness (QED) is 0.317. The van der Waals surface area contributed by atoms with Crippen LogP contribution < -0.4 is 15.0 Å². The number of nitrogens with zero attached hydrogens (tertiary/aromatic N) is 3. The molecule has 168 valence electrons. The van der Waals surface area contributed by atoms with Gasteiger partial charge in [-0.15, -0.1) is 0 Å². The van der Waals surface area contributed by atoms with E-state index in [1.54, 1.807) is 19.4 Å². The van der Waals surface area contributed by atoms with Gasteiger partial charge in [0.1, 0.15) is 5.60 Å². The van der Waals surface area contributed by atoms with E-state index in [1.165, 1.54) is 4.68 Å². The first-order chi connectivity index (χ1) is 15.8. The van der Waals surface area contributed by atoms with Crippen LogP contribution in [0.1, 0.15) is 26.3 Å². The fourth-order valence-electron chi connectivity index (χ4n) is 3.35. The number of benzene rings is 3. The van der Waals surface area contributed by atoms with E-state index in [-0.39, 0.29) is 11.2 Å². The van der Waals surface area contributed by atoms with Gasteiger partial charge in [-0.05, 0) is 66.5 Å². The highest BCUT2D eigenvalue weighted by molar-refractivity contribution is 9.10. The summed E-state index contributed by atoms with van der Waals surface area (Å²) >= 11 is 3.57. The third-order valence-corrected chi connectivity index (χ3v) is 5.36. The molecular formula is C26H24BrN3O3. The fourth-order valence-corrected chi connectivity index (χ4v) is 3.89. The van der Waals surface area contributed by atoms with Crippen molar-refractivity contribution in [1.29, 1.82) is 0 Å². The highest BCUT2D eigenvalue weighted by Crippen LogP contribution is 2.38. The average Bonchev–Trinajstić information content (AvgIpc) is 2.79. The van der Waals surface area contributed by atoms with Crippen LogP contribution in [-0.4, -0.2) is 28.6 Å². The monoisotopic (exact) mass is 505 g/mol. The zero-order valence-electron chi connectivity index (χ0n) is 18.9. The number of hydrogen-bond acceptors (Lipinski definition) is 5. The fraction of sp³-hybridized carbons (Fsp3) is 0.192. The second kappa shape index (κ2) is 9.19. The van der Waals surface area contributed by atoms with Crippen molar-refractivity contribution in [2.75, 3.05) is 7.11 Å². The molecule has 3 aromatic carbocycles. The Labute approximate surface area is 200 Å². The molecule has 0 aliphatic carbocycles. The molecule has 1 heterocycles. The van der Waals surface area contributed by atoms with Crippen molar-refractivity contribution >= 4 is 33.0 Å². The van der Waals surface area contributed by atoms with Crippen LogP contribution in [0.25, 0.3) is 22.3 Å². The molecule has 0 spiro atoms. The van der Waals surface area contributed by atoms with Crippen LogP contribution in [0.15, 0.2) is 81.1 Å². The van der Waals surface area contributed by atoms with Crippen molar-refractivity contribution in [2.24, 2.45) is 5.10 Å². The lowest BCUT2D eigenvalue weighted by Gasteiger charge is -2.24. The standard InChI is InChI=1S/C26H24BrN3O3/c1-26(2,3)33-23-20(27)14-17(15-22(23)32-4)16-28-30-24(18-10-6-5-7-11-18)29-21-13-9-8-12-19(21)25(30)31/h5-16H,1-4H3. The van der Waals surface area contributed by atoms with Crippen LogP contribution >= 0.6 is 15.9 Å². The van der Waals surface area contributed by atoms with Crippen molar-refractivity contribution in [2.45, 2.75) is 26.4 Å². The number of halogens is 1. The van der Waals surface area contributed by atoms with Crippen LogP contribution in [0, 0.1) is 0 Å². The largest absolute Gasteiger partial charge is 0.493 e. The summed E-state index contributed by atoms with van der Waals surface area (Å²) in [5.74, 6) is 1.64. The molecule has 4 aromatic rings. The average molecular weight is 506 g/mol. The van der Waals surface area contributed by atoms with Gasteiger partial charge in [-0.2, -0.15) is 9.78 Å². The zero-order valence-corrected chi connectivity index (χ0v) is 20.5. The molecule has 0 radical (unpaired) electrons. The van der Waals surface area contributed by atoms with E-state index in [9.17, 15) is 4.79 Å². The number of rotatable bonds is 5. The summed E-state index contributed by atoms with van der Waals surface area (Å²) in [4.78, 5) is 18.0. The third kappa shape index (κ3) is 4.98. The van der Waals surface area contributed by atoms with E-state index in [2.05, 4.69) is 21.0 Å². The molecule has 0 N–H and O–H groups in total. The Morgan fingerprint density at radius 1 is 1.03 bits per heavy atom. The number of para-hydroxylation sites is 1. The molecule has 0 saturated carbocycles. The van der Waals surface area contributed by atoms with Crippen LogP contribution in [0.5, 0.6) is 11.5 Å². The Morgan fingerprint density at radius 2 is 1.73 bits per heavy atom. The topological polar surface area (TPSA) is 65.7 Å². The molecule has 1 aromatic heterocycles. The molecule has 0 atom stereocenters. The summed E-state index contributed by atoms with van der Waals surface area (Å²) in [6, 6.07) is 20.5. The van der Waals surface area contributed by atoms with Crippen molar-refractivity contribution in [3.8, 4) is 22.9 Å². The highest BCUT2D eigenvalue weighted by atomic mass is 79.9. The smallest absolute Gasteiger partial charge is 0.282 e. The Morgan fingerprint density at radius 3 is 2.42 bits per heavy atom. The first-order valence-corrected chi connectivity index (χ1v) is 11.2. The van der Waals surface area contributed by atoms with Gasteiger partial charge in [0.2, 0.25) is 0 Å². The number of fused-ring (bicyclic) bond motifs is 1. The molecule has 0 aliphatic heterocycles. The molecular weight excluding hydrogens is 482 g/mol.